The molecule has 2 aromatic rings. The van der Waals surface area contributed by atoms with Gasteiger partial charge in [-0.3, -0.25) is 13.9 Å². The summed E-state index contributed by atoms with van der Waals surface area (Å²) in [6.45, 7) is 3.69. The van der Waals surface area contributed by atoms with Gasteiger partial charge in [-0.05, 0) is 31.8 Å². The van der Waals surface area contributed by atoms with E-state index in [1.165, 1.54) is 11.6 Å². The summed E-state index contributed by atoms with van der Waals surface area (Å²) in [5.41, 5.74) is 0.232. The largest absolute Gasteiger partial charge is 0.396 e. The Bertz CT molecular complexity index is 811. The molecule has 0 aliphatic carbocycles. The summed E-state index contributed by atoms with van der Waals surface area (Å²) in [5.74, 6) is 0.419. The van der Waals surface area contributed by atoms with Gasteiger partial charge in [0.1, 0.15) is 0 Å². The van der Waals surface area contributed by atoms with Crippen molar-refractivity contribution >= 4 is 11.2 Å². The van der Waals surface area contributed by atoms with Gasteiger partial charge < -0.3 is 14.6 Å². The zero-order chi connectivity index (χ0) is 16.6. The van der Waals surface area contributed by atoms with Crippen molar-refractivity contribution in [2.24, 2.45) is 20.0 Å². The molecule has 126 valence electrons. The summed E-state index contributed by atoms with van der Waals surface area (Å²) < 4.78 is 4.35. The van der Waals surface area contributed by atoms with Gasteiger partial charge in [-0.25, -0.2) is 9.78 Å². The van der Waals surface area contributed by atoms with E-state index in [1.54, 1.807) is 13.4 Å². The summed E-state index contributed by atoms with van der Waals surface area (Å²) >= 11 is 0. The molecule has 3 heterocycles. The van der Waals surface area contributed by atoms with Gasteiger partial charge >= 0.3 is 5.69 Å². The van der Waals surface area contributed by atoms with Crippen LogP contribution in [0.3, 0.4) is 0 Å². The Morgan fingerprint density at radius 1 is 1.17 bits per heavy atom. The molecule has 0 bridgehead atoms. The normalized spacial score (nSPS) is 17.2. The Kier molecular flexibility index (Phi) is 4.36. The zero-order valence-corrected chi connectivity index (χ0v) is 13.6. The maximum Gasteiger partial charge on any atom is 0.332 e. The van der Waals surface area contributed by atoms with Crippen LogP contribution in [0.4, 0.5) is 0 Å². The van der Waals surface area contributed by atoms with Crippen molar-refractivity contribution in [3.63, 3.8) is 0 Å². The number of aliphatic hydroxyl groups excluding tert-OH is 1. The highest BCUT2D eigenvalue weighted by Crippen LogP contribution is 2.16. The molecule has 3 rings (SSSR count). The second-order valence-corrected chi connectivity index (χ2v) is 6.28. The Balaban J connectivity index is 1.80. The number of likely N-dealkylation sites (tertiary alicyclic amines) is 1. The minimum absolute atomic E-state index is 0.268. The number of aryl methyl sites for hydroxylation is 1. The van der Waals surface area contributed by atoms with E-state index in [1.807, 2.05) is 4.57 Å². The minimum atomic E-state index is -0.362. The van der Waals surface area contributed by atoms with Crippen molar-refractivity contribution in [3.05, 3.63) is 27.2 Å². The fourth-order valence-electron chi connectivity index (χ4n) is 3.21. The van der Waals surface area contributed by atoms with Gasteiger partial charge in [0.25, 0.3) is 5.56 Å². The van der Waals surface area contributed by atoms with E-state index in [0.29, 0.717) is 23.6 Å². The number of aromatic nitrogens is 4. The monoisotopic (exact) mass is 321 g/mol. The first kappa shape index (κ1) is 15.9. The van der Waals surface area contributed by atoms with Gasteiger partial charge in [0.05, 0.1) is 6.33 Å². The predicted molar refractivity (Wildman–Crippen MR) is 86.5 cm³/mol. The third-order valence-corrected chi connectivity index (χ3v) is 4.84. The molecule has 0 radical (unpaired) electrons. The minimum Gasteiger partial charge on any atom is -0.396 e. The number of imidazole rings is 1. The average Bonchev–Trinajstić information content (AvgIpc) is 3.00. The average molecular weight is 321 g/mol. The summed E-state index contributed by atoms with van der Waals surface area (Å²) in [4.78, 5) is 30.9. The summed E-state index contributed by atoms with van der Waals surface area (Å²) in [5, 5.41) is 9.18. The molecule has 8 heteroatoms. The lowest BCUT2D eigenvalue weighted by Crippen LogP contribution is -2.38. The van der Waals surface area contributed by atoms with Crippen molar-refractivity contribution in [2.75, 3.05) is 26.2 Å². The van der Waals surface area contributed by atoms with Crippen LogP contribution in [-0.4, -0.2) is 54.9 Å². The second-order valence-electron chi connectivity index (χ2n) is 6.28. The van der Waals surface area contributed by atoms with E-state index >= 15 is 0 Å². The lowest BCUT2D eigenvalue weighted by Gasteiger charge is -2.31. The molecule has 1 N–H and O–H groups in total. The fraction of sp³-hybridized carbons (Fsp3) is 0.667. The van der Waals surface area contributed by atoms with Crippen LogP contribution in [0.1, 0.15) is 12.8 Å². The highest BCUT2D eigenvalue weighted by Gasteiger charge is 2.19. The third-order valence-electron chi connectivity index (χ3n) is 4.84. The van der Waals surface area contributed by atoms with Crippen LogP contribution in [0, 0.1) is 5.92 Å². The van der Waals surface area contributed by atoms with E-state index in [-0.39, 0.29) is 17.9 Å². The smallest absolute Gasteiger partial charge is 0.332 e. The summed E-state index contributed by atoms with van der Waals surface area (Å²) in [6.07, 6.45) is 3.65. The molecule has 0 atom stereocenters. The Hall–Kier alpha value is -1.93. The van der Waals surface area contributed by atoms with E-state index in [4.69, 9.17) is 0 Å². The first-order valence-corrected chi connectivity index (χ1v) is 7.97. The van der Waals surface area contributed by atoms with E-state index in [0.717, 1.165) is 37.0 Å². The maximum atomic E-state index is 12.4. The highest BCUT2D eigenvalue weighted by atomic mass is 16.3. The van der Waals surface area contributed by atoms with E-state index in [9.17, 15) is 14.7 Å². The zero-order valence-electron chi connectivity index (χ0n) is 13.6. The summed E-state index contributed by atoms with van der Waals surface area (Å²) in [7, 11) is 3.11. The molecule has 0 unspecified atom stereocenters. The molecule has 8 nitrogen and oxygen atoms in total. The Morgan fingerprint density at radius 3 is 2.52 bits per heavy atom. The molecule has 1 saturated heterocycles. The van der Waals surface area contributed by atoms with E-state index in [2.05, 4.69) is 9.88 Å². The van der Waals surface area contributed by atoms with Gasteiger partial charge in [-0.2, -0.15) is 0 Å². The Labute approximate surface area is 133 Å². The van der Waals surface area contributed by atoms with Crippen molar-refractivity contribution in [1.82, 2.24) is 23.6 Å². The molecule has 0 aromatic carbocycles. The molecular formula is C15H23N5O3. The van der Waals surface area contributed by atoms with Crippen LogP contribution in [0.5, 0.6) is 0 Å². The van der Waals surface area contributed by atoms with E-state index < -0.39 is 0 Å². The standard InChI is InChI=1S/C15H23N5O3/c1-17-13-12(14(22)18(2)15(17)23)20(10-16-13)8-7-19-5-3-11(9-21)4-6-19/h10-11,21H,3-9H2,1-2H3. The molecular weight excluding hydrogens is 298 g/mol. The number of hydrogen-bond donors (Lipinski definition) is 1. The first-order valence-electron chi connectivity index (χ1n) is 7.97. The maximum absolute atomic E-state index is 12.4. The van der Waals surface area contributed by atoms with Crippen LogP contribution >= 0.6 is 0 Å². The molecule has 1 aliphatic rings. The number of aliphatic hydroxyl groups is 1. The number of nitrogens with zero attached hydrogens (tertiary/aromatic N) is 5. The lowest BCUT2D eigenvalue weighted by molar-refractivity contribution is 0.129. The molecule has 0 spiro atoms. The third kappa shape index (κ3) is 2.84. The number of hydrogen-bond acceptors (Lipinski definition) is 5. The van der Waals surface area contributed by atoms with Crippen LogP contribution in [0.2, 0.25) is 0 Å². The SMILES string of the molecule is Cn1c(=O)c2c(ncn2CCN2CCC(CO)CC2)n(C)c1=O. The number of rotatable bonds is 4. The van der Waals surface area contributed by atoms with Crippen LogP contribution in [-0.2, 0) is 20.6 Å². The van der Waals surface area contributed by atoms with Gasteiger partial charge in [0, 0.05) is 33.8 Å². The lowest BCUT2D eigenvalue weighted by atomic mass is 9.98. The fourth-order valence-corrected chi connectivity index (χ4v) is 3.21. The topological polar surface area (TPSA) is 85.3 Å². The molecule has 23 heavy (non-hydrogen) atoms. The van der Waals surface area contributed by atoms with Crippen molar-refractivity contribution in [2.45, 2.75) is 19.4 Å². The number of fused-ring (bicyclic) bond motifs is 1. The van der Waals surface area contributed by atoms with Crippen LogP contribution in [0.15, 0.2) is 15.9 Å². The van der Waals surface area contributed by atoms with Crippen molar-refractivity contribution < 1.29 is 5.11 Å². The quantitative estimate of drug-likeness (QED) is 0.792. The van der Waals surface area contributed by atoms with Crippen molar-refractivity contribution in [3.8, 4) is 0 Å². The van der Waals surface area contributed by atoms with Gasteiger partial charge in [0.2, 0.25) is 0 Å². The van der Waals surface area contributed by atoms with Gasteiger partial charge in [0.15, 0.2) is 11.2 Å². The Morgan fingerprint density at radius 2 is 1.87 bits per heavy atom. The predicted octanol–water partition coefficient (Wildman–Crippen LogP) is -0.862. The second kappa shape index (κ2) is 6.29. The van der Waals surface area contributed by atoms with Crippen molar-refractivity contribution in [1.29, 1.82) is 0 Å². The first-order chi connectivity index (χ1) is 11.0. The summed E-state index contributed by atoms with van der Waals surface area (Å²) in [6, 6.07) is 0. The molecule has 0 saturated carbocycles. The molecule has 1 fully saturated rings. The van der Waals surface area contributed by atoms with Crippen LogP contribution in [0.25, 0.3) is 11.2 Å². The van der Waals surface area contributed by atoms with Crippen LogP contribution < -0.4 is 11.2 Å². The number of piperidine rings is 1. The van der Waals surface area contributed by atoms with Gasteiger partial charge in [-0.15, -0.1) is 0 Å². The molecule has 1 aliphatic heterocycles. The highest BCUT2D eigenvalue weighted by molar-refractivity contribution is 5.69. The van der Waals surface area contributed by atoms with Gasteiger partial charge in [-0.1, -0.05) is 0 Å². The molecule has 0 amide bonds. The molecule has 2 aromatic heterocycles.